The van der Waals surface area contributed by atoms with Crippen molar-refractivity contribution in [1.82, 2.24) is 16.0 Å². The molecule has 53 heteroatoms. The standard InChI is InChI=1S/C11H11NO.2C5H11NO.7C2H6.5CH3.47Y/c1-7-12-9-6-5-8-3-2-4-10(13-7)11(8)9;2*1-5-6-3-2-4-7-5;7*1-2;;;;;;;;;;;;;;;;;;;;;;;;;;;;;;;;;;;;;;;;;;;;;;;;;;;;/h2-4,6-7,12H,5H2,1H3;2*5-6H,2-4H2,1H3;7*1-2H3;5*1H3;;;;;;;;;;;;;;;;;;;;;;;;;;;;;;;;;;;;;;;;;;;;;;;/q;;;;;;;;;;5*-1;;;;;;;;;;;;;;;;;;;;;;;;;;;;;;;;;;;;;;;;;;;;;;;/t;2*5-;;;;;;;;;;;;;;;;;;;;;;;;;;;;;;;;;;;;;;;;;;;;;;;;;;;;;;;;;;;/m.00.........................................................../s1. The van der Waals surface area contributed by atoms with Crippen molar-refractivity contribution in [2.45, 2.75) is 156 Å². The quantitative estimate of drug-likeness (QED) is 0.225. The van der Waals surface area contributed by atoms with E-state index in [1.807, 2.05) is 124 Å². The van der Waals surface area contributed by atoms with Crippen LogP contribution in [-0.4, -0.2) is 45.0 Å². The van der Waals surface area contributed by atoms with Crippen LogP contribution in [0.4, 0.5) is 0 Å². The Balaban J connectivity index is -0.00000000280. The molecular formula is C40H90N3O3Y47-5. The normalized spacial score (nSPS) is 8.61. The topological polar surface area (TPSA) is 63.8 Å². The maximum absolute atomic E-state index is 5.67. The number of nitrogens with one attached hydrogen (secondary N) is 3. The molecule has 47 radical (unpaired) electrons. The molecule has 2 saturated heterocycles. The summed E-state index contributed by atoms with van der Waals surface area (Å²) in [6.07, 6.45) is 6.23. The van der Waals surface area contributed by atoms with Crippen molar-refractivity contribution in [3.05, 3.63) is 72.5 Å². The molecule has 6 nitrogen and oxygen atoms in total. The van der Waals surface area contributed by atoms with Crippen molar-refractivity contribution < 1.29 is 1550 Å². The minimum atomic E-state index is 0. The number of ether oxygens (including phenoxy) is 3. The number of benzene rings is 1. The van der Waals surface area contributed by atoms with Crippen LogP contribution in [-0.2, 0) is 1550 Å². The number of hydrogen-bond acceptors (Lipinski definition) is 6. The van der Waals surface area contributed by atoms with E-state index < -0.39 is 0 Å². The molecule has 3 N–H and O–H groups in total. The second-order valence-corrected chi connectivity index (χ2v) is 7.16. The zero-order chi connectivity index (χ0) is 33.1. The van der Waals surface area contributed by atoms with Gasteiger partial charge in [0.1, 0.15) is 18.2 Å². The zero-order valence-corrected chi connectivity index (χ0v) is 196. The zero-order valence-electron chi connectivity index (χ0n) is 62.9. The van der Waals surface area contributed by atoms with Gasteiger partial charge in [0.2, 0.25) is 0 Å². The molecule has 0 spiro atoms. The van der Waals surface area contributed by atoms with Gasteiger partial charge in [0.05, 0.1) is 0 Å². The minimum Gasteiger partial charge on any atom is -0.470 e. The molecule has 93 heavy (non-hydrogen) atoms. The van der Waals surface area contributed by atoms with E-state index in [0.29, 0.717) is 0 Å². The summed E-state index contributed by atoms with van der Waals surface area (Å²) in [6.45, 7) is 38.2. The van der Waals surface area contributed by atoms with E-state index >= 15 is 0 Å². The van der Waals surface area contributed by atoms with Crippen LogP contribution < -0.4 is 20.7 Å². The van der Waals surface area contributed by atoms with Gasteiger partial charge in [-0.3, -0.25) is 10.6 Å². The molecule has 3 atom stereocenters. The van der Waals surface area contributed by atoms with E-state index in [2.05, 4.69) is 34.2 Å². The molecule has 0 aromatic heterocycles. The Kier molecular flexibility index (Phi) is 1530. The van der Waals surface area contributed by atoms with Crippen LogP contribution in [0.25, 0.3) is 5.70 Å². The third-order valence-corrected chi connectivity index (χ3v) is 4.81. The summed E-state index contributed by atoms with van der Waals surface area (Å²) in [5.41, 5.74) is 3.87. The third-order valence-electron chi connectivity index (χ3n) is 4.81. The summed E-state index contributed by atoms with van der Waals surface area (Å²) in [5.74, 6) is 1.02. The van der Waals surface area contributed by atoms with Crippen molar-refractivity contribution in [2.75, 3.05) is 26.3 Å². The molecule has 1 aromatic carbocycles. The predicted molar refractivity (Wildman–Crippen MR) is 219 cm³/mol. The molecule has 429 valence electrons. The number of allylic oxidation sites excluding steroid dienone is 1. The second kappa shape index (κ2) is 364. The summed E-state index contributed by atoms with van der Waals surface area (Å²) in [6, 6.07) is 6.25. The Hall–Kier alpha value is 50.3. The first-order chi connectivity index (χ1) is 20.1. The van der Waals surface area contributed by atoms with Gasteiger partial charge in [-0.25, -0.2) is 0 Å². The Morgan fingerprint density at radius 1 is 0.290 bits per heavy atom. The van der Waals surface area contributed by atoms with Crippen LogP contribution in [0.5, 0.6) is 5.75 Å². The van der Waals surface area contributed by atoms with E-state index in [4.69, 9.17) is 14.2 Å². The van der Waals surface area contributed by atoms with E-state index in [0.717, 1.165) is 51.3 Å². The van der Waals surface area contributed by atoms with Crippen LogP contribution in [0.2, 0.25) is 0 Å². The molecular weight excluding hydrogens is 4750 g/mol. The van der Waals surface area contributed by atoms with Crippen molar-refractivity contribution in [3.8, 4) is 5.75 Å². The smallest absolute Gasteiger partial charge is 0.167 e. The van der Waals surface area contributed by atoms with Crippen LogP contribution in [0.1, 0.15) is 142 Å². The SMILES string of the molecule is CC.CC.CC.CC.CC.CC.CC.CC1NC2=CCc3cccc(c32)O1.C[C@H]1NCCCO1.C[C@H]1NCCCO1.[CH3-].[CH3-].[CH3-].[CH3-].[CH3-].[Y].[Y].[Y].[Y].[Y].[Y].[Y].[Y].[Y].[Y].[Y].[Y].[Y].[Y].[Y].[Y].[Y].[Y].[Y].[Y].[Y].[Y].[Y].[Y].[Y].[Y].[Y].[Y].[Y].[Y].[Y].[Y].[Y].[Y].[Y].[Y].[Y].[Y].[Y].[Y].[Y].[Y].[Y].[Y].[Y].[Y].[Y]. The maximum atomic E-state index is 5.67. The average Bonchev–Trinajstić information content (AvgIpc) is 3.49. The van der Waals surface area contributed by atoms with Gasteiger partial charge in [0, 0.05) is 1560 Å². The van der Waals surface area contributed by atoms with Gasteiger partial charge in [-0.15, -0.1) is 0 Å². The first-order valence-corrected chi connectivity index (χ1v) is 17.1. The first-order valence-electron chi connectivity index (χ1n) is 17.1. The van der Waals surface area contributed by atoms with Crippen LogP contribution in [0.3, 0.4) is 0 Å². The molecule has 3 heterocycles. The van der Waals surface area contributed by atoms with Gasteiger partial charge >= 0.3 is 0 Å². The van der Waals surface area contributed by atoms with Crippen LogP contribution in [0.15, 0.2) is 24.3 Å². The Bertz CT molecular complexity index is 705. The van der Waals surface area contributed by atoms with E-state index in [-0.39, 0.29) is 1590 Å². The Morgan fingerprint density at radius 3 is 0.634 bits per heavy atom. The molecule has 2 fully saturated rings. The molecule has 0 saturated carbocycles. The molecule has 3 aliphatic heterocycles. The molecule has 0 bridgehead atoms. The van der Waals surface area contributed by atoms with Crippen LogP contribution in [0, 0.1) is 37.1 Å². The summed E-state index contributed by atoms with van der Waals surface area (Å²) < 4.78 is 16.0. The molecule has 0 amide bonds. The molecule has 1 aromatic rings. The van der Waals surface area contributed by atoms with Gasteiger partial charge < -0.3 is 56.7 Å². The fraction of sp³-hybridized carbons (Fsp3) is 0.675. The third kappa shape index (κ3) is 296. The summed E-state index contributed by atoms with van der Waals surface area (Å²) in [5, 5.41) is 9.63. The van der Waals surface area contributed by atoms with E-state index in [1.165, 1.54) is 16.8 Å². The van der Waals surface area contributed by atoms with E-state index in [9.17, 15) is 0 Å². The van der Waals surface area contributed by atoms with Gasteiger partial charge in [-0.05, 0) is 64.8 Å². The fourth-order valence-corrected chi connectivity index (χ4v) is 3.43. The van der Waals surface area contributed by atoms with Gasteiger partial charge in [0.15, 0.2) is 6.23 Å². The number of hydrogen-bond donors (Lipinski definition) is 3. The van der Waals surface area contributed by atoms with Gasteiger partial charge in [-0.2, -0.15) is 0 Å². The summed E-state index contributed by atoms with van der Waals surface area (Å²) in [4.78, 5) is 0. The van der Waals surface area contributed by atoms with Crippen molar-refractivity contribution >= 4 is 5.70 Å². The number of rotatable bonds is 0. The Labute approximate surface area is 1770 Å². The predicted octanol–water partition coefficient (Wildman–Crippen LogP) is 11.9. The summed E-state index contributed by atoms with van der Waals surface area (Å²) >= 11 is 0. The van der Waals surface area contributed by atoms with Gasteiger partial charge in [0.25, 0.3) is 0 Å². The van der Waals surface area contributed by atoms with Crippen LogP contribution >= 0.6 is 0 Å². The van der Waals surface area contributed by atoms with Gasteiger partial charge in [-0.1, -0.05) is 115 Å². The molecule has 5 rings (SSSR count). The molecule has 1 unspecified atom stereocenters. The minimum absolute atomic E-state index is 0. The first kappa shape index (κ1) is 390. The summed E-state index contributed by atoms with van der Waals surface area (Å²) in [7, 11) is 0. The fourth-order valence-electron chi connectivity index (χ4n) is 3.43. The Morgan fingerprint density at radius 2 is 0.484 bits per heavy atom. The molecule has 4 aliphatic rings. The van der Waals surface area contributed by atoms with E-state index in [1.54, 1.807) is 0 Å². The second-order valence-electron chi connectivity index (χ2n) is 7.16. The monoisotopic (exact) mass is 4840 g/mol. The average molecular weight is 4840 g/mol. The maximum Gasteiger partial charge on any atom is 0.167 e. The van der Waals surface area contributed by atoms with Crippen molar-refractivity contribution in [3.63, 3.8) is 0 Å². The molecule has 1 aliphatic carbocycles. The van der Waals surface area contributed by atoms with Crippen molar-refractivity contribution in [2.24, 2.45) is 0 Å². The van der Waals surface area contributed by atoms with Crippen molar-refractivity contribution in [1.29, 1.82) is 0 Å². The largest absolute Gasteiger partial charge is 0.470 e.